The molecule has 5 nitrogen and oxygen atoms in total. The first-order valence-corrected chi connectivity index (χ1v) is 42.3. The lowest BCUT2D eigenvalue weighted by molar-refractivity contribution is 0.00786. The fourth-order valence-corrected chi connectivity index (χ4v) is 22.4. The normalized spacial score (nSPS) is 30.1. The molecule has 0 fully saturated rings. The van der Waals surface area contributed by atoms with E-state index in [1.165, 1.54) is 79.0 Å². The number of rotatable bonds is 18. The number of alkyl halides is 2. The van der Waals surface area contributed by atoms with Gasteiger partial charge >= 0.3 is 0 Å². The summed E-state index contributed by atoms with van der Waals surface area (Å²) in [6.45, 7) is 17.1. The summed E-state index contributed by atoms with van der Waals surface area (Å²) in [5.41, 5.74) is 25.9. The largest absolute Gasteiger partial charge is 0.493 e. The number of hydrogen-bond donors (Lipinski definition) is 0. The quantitative estimate of drug-likeness (QED) is 0.0633. The molecule has 0 radical (unpaired) electrons. The third kappa shape index (κ3) is 13.3. The molecular formula is C106H102F4N2O3. The van der Waals surface area contributed by atoms with Crippen LogP contribution in [0.2, 0.25) is 0 Å². The number of hydrogen-bond acceptors (Lipinski definition) is 5. The van der Waals surface area contributed by atoms with E-state index in [2.05, 4.69) is 251 Å². The van der Waals surface area contributed by atoms with Crippen LogP contribution in [0.15, 0.2) is 341 Å². The number of allylic oxidation sites excluding steroid dienone is 25. The Bertz CT molecular complexity index is 5480. The van der Waals surface area contributed by atoms with Gasteiger partial charge in [0.25, 0.3) is 0 Å². The molecule has 19 rings (SSSR count). The number of anilines is 2. The Kier molecular flexibility index (Phi) is 19.9. The number of halogens is 4. The molecule has 13 aliphatic rings. The van der Waals surface area contributed by atoms with Crippen molar-refractivity contribution in [2.75, 3.05) is 4.90 Å². The highest BCUT2D eigenvalue weighted by Gasteiger charge is 2.58. The first kappa shape index (κ1) is 74.6. The van der Waals surface area contributed by atoms with Gasteiger partial charge in [0.2, 0.25) is 0 Å². The summed E-state index contributed by atoms with van der Waals surface area (Å²) in [5, 5.41) is 0. The van der Waals surface area contributed by atoms with E-state index in [0.29, 0.717) is 24.4 Å². The van der Waals surface area contributed by atoms with Crippen molar-refractivity contribution in [2.24, 2.45) is 23.7 Å². The van der Waals surface area contributed by atoms with E-state index in [9.17, 15) is 0 Å². The first-order valence-electron chi connectivity index (χ1n) is 42.3. The molecule has 15 atom stereocenters. The van der Waals surface area contributed by atoms with E-state index in [-0.39, 0.29) is 78.2 Å². The van der Waals surface area contributed by atoms with Crippen molar-refractivity contribution in [3.05, 3.63) is 397 Å². The molecule has 0 N–H and O–H groups in total. The highest BCUT2D eigenvalue weighted by Crippen LogP contribution is 2.66. The zero-order valence-electron chi connectivity index (χ0n) is 66.5. The maximum Gasteiger partial charge on any atom is 0.160 e. The predicted octanol–water partition coefficient (Wildman–Crippen LogP) is 26.4. The molecule has 582 valence electrons. The highest BCUT2D eigenvalue weighted by atomic mass is 19.2. The summed E-state index contributed by atoms with van der Waals surface area (Å²) in [6, 6.07) is 45.4. The summed E-state index contributed by atoms with van der Waals surface area (Å²) < 4.78 is 83.4. The van der Waals surface area contributed by atoms with Crippen LogP contribution < -0.4 is 9.64 Å². The Morgan fingerprint density at radius 1 is 0.591 bits per heavy atom. The van der Waals surface area contributed by atoms with Crippen molar-refractivity contribution in [3.8, 4) is 11.5 Å². The Morgan fingerprint density at radius 2 is 1.43 bits per heavy atom. The molecular weight excluding hydrogens is 1430 g/mol. The highest BCUT2D eigenvalue weighted by molar-refractivity contribution is 5.76. The molecule has 0 saturated carbocycles. The summed E-state index contributed by atoms with van der Waals surface area (Å²) >= 11 is 0. The van der Waals surface area contributed by atoms with Crippen LogP contribution >= 0.6 is 0 Å². The van der Waals surface area contributed by atoms with E-state index < -0.39 is 29.4 Å². The SMILES string of the molecule is C=CC1=CCC(OC2CC=C(C3(C4=C(C)C=CC(C)C4)c4ccccc4C4C=CC(C5=CCCC(N(C6=CCC(F)C(F)C6)C6C=CC7=C(C6)OC6CC(N(c8cccc(C9C=CC%10=C(C9)C(c9ccc(Oc%11ccc(C=C)cc%11)cc9)(c9cc(C)ccc9C)C9=C%10CCC=C9)c8)c8ccc(F)c(F)c8)C=CC76)=C5)CC43)CC2)C=C1. The van der Waals surface area contributed by atoms with Gasteiger partial charge in [-0.25, -0.2) is 17.6 Å². The number of aryl methyl sites for hydroxylation is 2. The van der Waals surface area contributed by atoms with E-state index in [4.69, 9.17) is 14.2 Å². The zero-order chi connectivity index (χ0) is 78.4. The summed E-state index contributed by atoms with van der Waals surface area (Å²) in [4.78, 5) is 4.53. The van der Waals surface area contributed by atoms with Crippen LogP contribution in [0, 0.1) is 49.2 Å². The zero-order valence-corrected chi connectivity index (χ0v) is 66.5. The van der Waals surface area contributed by atoms with Gasteiger partial charge in [0.1, 0.15) is 35.7 Å². The standard InChI is InChI=1S/C106H102F4N2O3/c1-7-69-27-41-83(42-28-69)113-85-45-33-75(34-46-85)105(95-55-65(3)23-25-67(95)5)93-21-11-9-19-87(93)89-49-31-73(59-97(89)105)71-15-13-17-77(57-71)111(79-39-53-99(107)101(109)61-79)81-37-51-91-92-52-38-82(64-104(92)115-103(91)63-81)112(80-40-54-100(108)102(110)62-80)78-18-14-16-72(58-78)74-32-50-90-88-20-10-12-22-94(88)106(98(90)60-74,96-56-66(4)24-26-68(96)6)76-35-47-86(48-36-76)114-84-43-29-70(8-2)30-44-84/h7-9,11-12,14-16,18-19,21-33,35-41,43-44,47-52,54,56-58,62,65,73-74,81-83,85,89,92,97,99,101,104H,1-2,10,13,17,20,34,42,45-46,53,55,59-61,63-64H2,3-6H3. The summed E-state index contributed by atoms with van der Waals surface area (Å²) in [6.07, 6.45) is 55.9. The molecule has 0 spiro atoms. The summed E-state index contributed by atoms with van der Waals surface area (Å²) in [7, 11) is 0. The first-order chi connectivity index (χ1) is 56.1. The topological polar surface area (TPSA) is 34.2 Å². The van der Waals surface area contributed by atoms with Crippen LogP contribution in [0.25, 0.3) is 6.08 Å². The van der Waals surface area contributed by atoms with E-state index >= 15 is 17.6 Å². The second kappa shape index (κ2) is 30.6. The number of nitrogens with zero attached hydrogens (tertiary/aromatic N) is 2. The van der Waals surface area contributed by atoms with E-state index in [1.54, 1.807) is 17.2 Å². The average Bonchev–Trinajstić information content (AvgIpc) is 1.50. The summed E-state index contributed by atoms with van der Waals surface area (Å²) in [5.74, 6) is 1.60. The van der Waals surface area contributed by atoms with Gasteiger partial charge in [0.15, 0.2) is 11.6 Å². The maximum atomic E-state index is 16.1. The smallest absolute Gasteiger partial charge is 0.160 e. The van der Waals surface area contributed by atoms with Gasteiger partial charge in [-0.05, 0) is 230 Å². The van der Waals surface area contributed by atoms with Gasteiger partial charge in [-0.15, -0.1) is 0 Å². The predicted molar refractivity (Wildman–Crippen MR) is 458 cm³/mol. The molecule has 6 aromatic carbocycles. The number of ether oxygens (including phenoxy) is 3. The van der Waals surface area contributed by atoms with E-state index in [0.717, 1.165) is 127 Å². The molecule has 0 aromatic heterocycles. The Balaban J connectivity index is 0.598. The number of benzene rings is 6. The van der Waals surface area contributed by atoms with Crippen LogP contribution in [-0.4, -0.2) is 47.6 Å². The van der Waals surface area contributed by atoms with Crippen molar-refractivity contribution in [1.29, 1.82) is 0 Å². The fourth-order valence-electron chi connectivity index (χ4n) is 22.4. The van der Waals surface area contributed by atoms with Gasteiger partial charge in [-0.2, -0.15) is 0 Å². The third-order valence-corrected chi connectivity index (χ3v) is 27.8. The minimum Gasteiger partial charge on any atom is -0.493 e. The van der Waals surface area contributed by atoms with Crippen LogP contribution in [0.1, 0.15) is 167 Å². The molecule has 0 bridgehead atoms. The van der Waals surface area contributed by atoms with Gasteiger partial charge < -0.3 is 24.0 Å². The van der Waals surface area contributed by atoms with Crippen molar-refractivity contribution in [1.82, 2.24) is 4.90 Å². The molecule has 0 amide bonds. The molecule has 0 saturated heterocycles. The lowest BCUT2D eigenvalue weighted by Crippen LogP contribution is -2.42. The fraction of sp³-hybridized carbons (Fsp3) is 0.321. The second-order valence-corrected chi connectivity index (χ2v) is 34.5. The lowest BCUT2D eigenvalue weighted by atomic mass is 9.55. The molecule has 115 heavy (non-hydrogen) atoms. The molecule has 9 heteroatoms. The van der Waals surface area contributed by atoms with Crippen LogP contribution in [-0.2, 0) is 20.3 Å². The number of fused-ring (bicyclic) bond motifs is 6. The van der Waals surface area contributed by atoms with E-state index in [1.807, 2.05) is 42.5 Å². The van der Waals surface area contributed by atoms with Gasteiger partial charge in [0.05, 0.1) is 29.7 Å². The van der Waals surface area contributed by atoms with Crippen molar-refractivity contribution >= 4 is 17.5 Å². The lowest BCUT2D eigenvalue weighted by Gasteiger charge is -2.48. The monoisotopic (exact) mass is 1530 g/mol. The Hall–Kier alpha value is -10.5. The minimum atomic E-state index is -1.61. The average molecular weight is 1530 g/mol. The molecule has 1 aliphatic heterocycles. The van der Waals surface area contributed by atoms with Crippen molar-refractivity contribution in [2.45, 2.75) is 189 Å². The van der Waals surface area contributed by atoms with Gasteiger partial charge in [-0.1, -0.05) is 243 Å². The van der Waals surface area contributed by atoms with Crippen LogP contribution in [0.5, 0.6) is 11.5 Å². The maximum absolute atomic E-state index is 16.1. The van der Waals surface area contributed by atoms with Crippen LogP contribution in [0.3, 0.4) is 0 Å². The van der Waals surface area contributed by atoms with Crippen molar-refractivity contribution in [3.63, 3.8) is 0 Å². The van der Waals surface area contributed by atoms with Crippen molar-refractivity contribution < 1.29 is 31.8 Å². The minimum absolute atomic E-state index is 0.00875. The van der Waals surface area contributed by atoms with Crippen LogP contribution in [0.4, 0.5) is 28.9 Å². The second-order valence-electron chi connectivity index (χ2n) is 34.5. The molecule has 15 unspecified atom stereocenters. The Labute approximate surface area is 676 Å². The molecule has 6 aromatic rings. The molecule has 1 heterocycles. The third-order valence-electron chi connectivity index (χ3n) is 27.8. The van der Waals surface area contributed by atoms with Gasteiger partial charge in [-0.3, -0.25) is 0 Å². The van der Waals surface area contributed by atoms with Gasteiger partial charge in [0, 0.05) is 89.2 Å². The Morgan fingerprint density at radius 3 is 2.23 bits per heavy atom. The molecule has 12 aliphatic carbocycles.